The van der Waals surface area contributed by atoms with Crippen molar-refractivity contribution < 1.29 is 22.7 Å². The van der Waals surface area contributed by atoms with Gasteiger partial charge in [-0.05, 0) is 24.6 Å². The van der Waals surface area contributed by atoms with Crippen LogP contribution < -0.4 is 10.1 Å². The van der Waals surface area contributed by atoms with E-state index in [1.165, 1.54) is 22.7 Å². The van der Waals surface area contributed by atoms with E-state index in [4.69, 9.17) is 11.6 Å². The van der Waals surface area contributed by atoms with Gasteiger partial charge in [-0.1, -0.05) is 17.7 Å². The van der Waals surface area contributed by atoms with Gasteiger partial charge in [-0.15, -0.1) is 0 Å². The van der Waals surface area contributed by atoms with Crippen molar-refractivity contribution in [1.29, 1.82) is 0 Å². The average Bonchev–Trinajstić information content (AvgIpc) is 3.07. The second-order valence-electron chi connectivity index (χ2n) is 6.51. The maximum Gasteiger partial charge on any atom is 0.387 e. The molecule has 0 unspecified atom stereocenters. The molecule has 0 fully saturated rings. The summed E-state index contributed by atoms with van der Waals surface area (Å²) in [6.07, 6.45) is 1.61. The molecule has 5 nitrogen and oxygen atoms in total. The lowest BCUT2D eigenvalue weighted by Gasteiger charge is -2.18. The maximum atomic E-state index is 13.8. The fraction of sp³-hybridized carbons (Fsp3) is 0.222. The van der Waals surface area contributed by atoms with Gasteiger partial charge in [-0.2, -0.15) is 13.9 Å². The first-order chi connectivity index (χ1) is 12.9. The number of benzene rings is 1. The number of carbonyl (C=O) groups is 1. The van der Waals surface area contributed by atoms with Crippen molar-refractivity contribution in [2.24, 2.45) is 0 Å². The molecule has 1 amide bonds. The molecule has 2 atom stereocenters. The second kappa shape index (κ2) is 5.63. The molecule has 3 aromatic rings. The lowest BCUT2D eigenvalue weighted by molar-refractivity contribution is -0.0505. The predicted octanol–water partition coefficient (Wildman–Crippen LogP) is 4.05. The third kappa shape index (κ3) is 2.32. The van der Waals surface area contributed by atoms with E-state index >= 15 is 0 Å². The summed E-state index contributed by atoms with van der Waals surface area (Å²) >= 11 is 5.94. The highest BCUT2D eigenvalue weighted by molar-refractivity contribution is 6.31. The van der Waals surface area contributed by atoms with E-state index in [0.29, 0.717) is 23.2 Å². The number of carbonyl (C=O) groups excluding carboxylic acids is 1. The number of halogens is 4. The number of alkyl halides is 2. The molecule has 3 heterocycles. The minimum absolute atomic E-state index is 0.0521. The fourth-order valence-electron chi connectivity index (χ4n) is 4.08. The van der Waals surface area contributed by atoms with E-state index in [2.05, 4.69) is 15.2 Å². The van der Waals surface area contributed by atoms with Crippen LogP contribution in [0.5, 0.6) is 5.75 Å². The summed E-state index contributed by atoms with van der Waals surface area (Å²) in [4.78, 5) is 12.6. The normalized spacial score (nSPS) is 20.4. The lowest BCUT2D eigenvalue weighted by Crippen LogP contribution is -2.27. The van der Waals surface area contributed by atoms with Crippen LogP contribution in [-0.2, 0) is 0 Å². The van der Waals surface area contributed by atoms with E-state index in [-0.39, 0.29) is 22.2 Å². The first-order valence-corrected chi connectivity index (χ1v) is 8.57. The Kier molecular flexibility index (Phi) is 3.42. The Morgan fingerprint density at radius 1 is 1.33 bits per heavy atom. The van der Waals surface area contributed by atoms with E-state index < -0.39 is 24.4 Å². The first kappa shape index (κ1) is 16.4. The van der Waals surface area contributed by atoms with Gasteiger partial charge in [0, 0.05) is 22.6 Å². The number of rotatable bonds is 2. The summed E-state index contributed by atoms with van der Waals surface area (Å²) in [5.41, 5.74) is 2.53. The minimum Gasteiger partial charge on any atom is -0.434 e. The zero-order chi connectivity index (χ0) is 18.9. The minimum atomic E-state index is -3.02. The van der Waals surface area contributed by atoms with Crippen LogP contribution in [0.4, 0.5) is 13.2 Å². The lowest BCUT2D eigenvalue weighted by atomic mass is 9.89. The second-order valence-corrected chi connectivity index (χ2v) is 6.92. The number of fused-ring (bicyclic) bond motifs is 9. The average molecular weight is 394 g/mol. The molecule has 0 spiro atoms. The van der Waals surface area contributed by atoms with Crippen LogP contribution in [0, 0.1) is 5.82 Å². The van der Waals surface area contributed by atoms with Gasteiger partial charge in [0.2, 0.25) is 0 Å². The molecule has 1 N–H and O–H groups in total. The van der Waals surface area contributed by atoms with Crippen molar-refractivity contribution in [3.63, 3.8) is 0 Å². The molecule has 138 valence electrons. The van der Waals surface area contributed by atoms with Crippen LogP contribution in [0.1, 0.15) is 45.6 Å². The highest BCUT2D eigenvalue weighted by Crippen LogP contribution is 2.51. The Hall–Kier alpha value is -2.74. The number of hydrogen-bond acceptors (Lipinski definition) is 3. The molecule has 1 aromatic carbocycles. The predicted molar refractivity (Wildman–Crippen MR) is 89.9 cm³/mol. The number of nitrogens with zero attached hydrogens (tertiary/aromatic N) is 2. The number of nitrogens with one attached hydrogen (secondary N) is 1. The molecule has 2 aromatic heterocycles. The monoisotopic (exact) mass is 393 g/mol. The SMILES string of the molecule is O=C1N[C@@H]2C[C@H](c3c(OC(F)F)cccc31)c1c2nn2cc(F)c(Cl)cc12. The van der Waals surface area contributed by atoms with Gasteiger partial charge in [-0.3, -0.25) is 4.79 Å². The molecular formula is C18H11ClF3N3O2. The van der Waals surface area contributed by atoms with Crippen molar-refractivity contribution >= 4 is 23.0 Å². The number of pyridine rings is 1. The molecule has 9 heteroatoms. The molecule has 2 aliphatic rings. The maximum absolute atomic E-state index is 13.8. The van der Waals surface area contributed by atoms with Crippen LogP contribution in [0.3, 0.4) is 0 Å². The van der Waals surface area contributed by atoms with Gasteiger partial charge in [-0.25, -0.2) is 8.91 Å². The third-order valence-corrected chi connectivity index (χ3v) is 5.36. The fourth-order valence-corrected chi connectivity index (χ4v) is 4.24. The summed E-state index contributed by atoms with van der Waals surface area (Å²) in [5.74, 6) is -1.47. The summed E-state index contributed by atoms with van der Waals surface area (Å²) in [6.45, 7) is -3.02. The van der Waals surface area contributed by atoms with Gasteiger partial charge in [0.05, 0.1) is 28.5 Å². The molecule has 27 heavy (non-hydrogen) atoms. The van der Waals surface area contributed by atoms with Crippen LogP contribution in [0.25, 0.3) is 5.52 Å². The molecule has 0 saturated heterocycles. The van der Waals surface area contributed by atoms with Gasteiger partial charge >= 0.3 is 6.61 Å². The van der Waals surface area contributed by atoms with E-state index in [0.717, 1.165) is 11.8 Å². The summed E-state index contributed by atoms with van der Waals surface area (Å²) < 4.78 is 45.7. The van der Waals surface area contributed by atoms with Gasteiger partial charge in [0.1, 0.15) is 5.75 Å². The smallest absolute Gasteiger partial charge is 0.387 e. The summed E-state index contributed by atoms with van der Waals surface area (Å²) in [5, 5.41) is 7.20. The molecule has 1 aliphatic heterocycles. The number of ether oxygens (including phenoxy) is 1. The zero-order valence-electron chi connectivity index (χ0n) is 13.5. The van der Waals surface area contributed by atoms with Crippen molar-refractivity contribution in [2.45, 2.75) is 25.0 Å². The number of hydrogen-bond donors (Lipinski definition) is 1. The van der Waals surface area contributed by atoms with E-state index in [1.54, 1.807) is 6.07 Å². The van der Waals surface area contributed by atoms with Crippen molar-refractivity contribution in [3.05, 3.63) is 63.7 Å². The third-order valence-electron chi connectivity index (χ3n) is 5.07. The Morgan fingerprint density at radius 3 is 2.93 bits per heavy atom. The quantitative estimate of drug-likeness (QED) is 0.714. The van der Waals surface area contributed by atoms with Crippen molar-refractivity contribution in [3.8, 4) is 5.75 Å². The number of aromatic nitrogens is 2. The van der Waals surface area contributed by atoms with Crippen molar-refractivity contribution in [2.75, 3.05) is 0 Å². The van der Waals surface area contributed by atoms with Gasteiger partial charge in [0.15, 0.2) is 5.82 Å². The Morgan fingerprint density at radius 2 is 2.15 bits per heavy atom. The number of amides is 1. The molecule has 5 rings (SSSR count). The highest BCUT2D eigenvalue weighted by atomic mass is 35.5. The Labute approximate surface area is 155 Å². The van der Waals surface area contributed by atoms with Crippen molar-refractivity contribution in [1.82, 2.24) is 14.9 Å². The van der Waals surface area contributed by atoms with E-state index in [1.807, 2.05) is 0 Å². The van der Waals surface area contributed by atoms with Gasteiger partial charge < -0.3 is 10.1 Å². The van der Waals surface area contributed by atoms with E-state index in [9.17, 15) is 18.0 Å². The Bertz CT molecular complexity index is 1110. The van der Waals surface area contributed by atoms with Gasteiger partial charge in [0.25, 0.3) is 5.91 Å². The van der Waals surface area contributed by atoms with Crippen LogP contribution in [0.2, 0.25) is 5.02 Å². The van der Waals surface area contributed by atoms with Crippen LogP contribution in [0.15, 0.2) is 30.5 Å². The molecule has 2 bridgehead atoms. The standard InChI is InChI=1S/C18H11ClF3N3O2/c19-9-5-12-15-8-4-11(16(15)24-25(12)6-10(9)20)23-17(26)7-2-1-3-13(14(7)8)27-18(21)22/h1-3,5-6,8,11,18H,4H2,(H,23,26)/t8-,11-/m1/s1. The zero-order valence-corrected chi connectivity index (χ0v) is 14.3. The molecule has 1 aliphatic carbocycles. The largest absolute Gasteiger partial charge is 0.434 e. The van der Waals surface area contributed by atoms with Crippen LogP contribution >= 0.6 is 11.6 Å². The first-order valence-electron chi connectivity index (χ1n) is 8.20. The van der Waals surface area contributed by atoms with Crippen LogP contribution in [-0.4, -0.2) is 22.1 Å². The molecule has 0 radical (unpaired) electrons. The molecular weight excluding hydrogens is 383 g/mol. The highest BCUT2D eigenvalue weighted by Gasteiger charge is 2.43. The Balaban J connectivity index is 1.79. The summed E-state index contributed by atoms with van der Waals surface area (Å²) in [6, 6.07) is 5.53. The topological polar surface area (TPSA) is 55.6 Å². The summed E-state index contributed by atoms with van der Waals surface area (Å²) in [7, 11) is 0. The molecule has 0 saturated carbocycles.